The van der Waals surface area contributed by atoms with Crippen molar-refractivity contribution in [3.63, 3.8) is 0 Å². The number of halogens is 1. The van der Waals surface area contributed by atoms with Crippen LogP contribution in [0, 0.1) is 10.1 Å². The van der Waals surface area contributed by atoms with Gasteiger partial charge in [0.05, 0.1) is 4.92 Å². The normalized spacial score (nSPS) is 10.5. The van der Waals surface area contributed by atoms with Crippen LogP contribution >= 0.6 is 24.0 Å². The van der Waals surface area contributed by atoms with E-state index in [9.17, 15) is 10.1 Å². The summed E-state index contributed by atoms with van der Waals surface area (Å²) in [6.07, 6.45) is 2.26. The van der Waals surface area contributed by atoms with Crippen LogP contribution in [-0.2, 0) is 0 Å². The first-order valence-electron chi connectivity index (χ1n) is 7.10. The van der Waals surface area contributed by atoms with E-state index in [1.165, 1.54) is 12.1 Å². The zero-order chi connectivity index (χ0) is 15.5. The Hall–Kier alpha value is -1.58. The fourth-order valence-corrected chi connectivity index (χ4v) is 1.69. The second kappa shape index (κ2) is 12.0. The number of nitro groups is 1. The van der Waals surface area contributed by atoms with Gasteiger partial charge in [0.1, 0.15) is 0 Å². The molecule has 0 spiro atoms. The highest BCUT2D eigenvalue weighted by molar-refractivity contribution is 14.0. The number of benzene rings is 1. The zero-order valence-electron chi connectivity index (χ0n) is 13.0. The maximum absolute atomic E-state index is 10.5. The molecule has 0 amide bonds. The summed E-state index contributed by atoms with van der Waals surface area (Å²) in [5.74, 6) is 0.786. The number of rotatable bonds is 8. The molecule has 0 heterocycles. The van der Waals surface area contributed by atoms with Gasteiger partial charge in [-0.3, -0.25) is 15.1 Å². The molecule has 1 aromatic carbocycles. The van der Waals surface area contributed by atoms with Crippen LogP contribution < -0.4 is 16.0 Å². The number of nitrogens with one attached hydrogen (secondary N) is 3. The maximum atomic E-state index is 10.5. The van der Waals surface area contributed by atoms with Crippen LogP contribution in [0.4, 0.5) is 11.4 Å². The van der Waals surface area contributed by atoms with Gasteiger partial charge in [-0.05, 0) is 18.6 Å². The van der Waals surface area contributed by atoms with Gasteiger partial charge in [0.15, 0.2) is 5.96 Å². The van der Waals surface area contributed by atoms with Crippen molar-refractivity contribution in [1.82, 2.24) is 10.6 Å². The van der Waals surface area contributed by atoms with Gasteiger partial charge in [0.25, 0.3) is 5.69 Å². The highest BCUT2D eigenvalue weighted by Gasteiger charge is 2.03. The van der Waals surface area contributed by atoms with Crippen LogP contribution in [0.2, 0.25) is 0 Å². The fourth-order valence-electron chi connectivity index (χ4n) is 1.69. The van der Waals surface area contributed by atoms with Crippen LogP contribution in [0.5, 0.6) is 0 Å². The Morgan fingerprint density at radius 2 is 1.82 bits per heavy atom. The lowest BCUT2D eigenvalue weighted by Crippen LogP contribution is -2.39. The molecular formula is C14H24IN5O2. The Kier molecular flexibility index (Phi) is 11.2. The van der Waals surface area contributed by atoms with Crippen molar-refractivity contribution in [1.29, 1.82) is 0 Å². The Bertz CT molecular complexity index is 465. The minimum absolute atomic E-state index is 0. The molecular weight excluding hydrogens is 397 g/mol. The molecule has 1 rings (SSSR count). The lowest BCUT2D eigenvalue weighted by molar-refractivity contribution is -0.384. The Balaban J connectivity index is 0.00000441. The second-order valence-electron chi connectivity index (χ2n) is 4.51. The summed E-state index contributed by atoms with van der Waals surface area (Å²) in [6, 6.07) is 6.38. The van der Waals surface area contributed by atoms with E-state index < -0.39 is 4.92 Å². The predicted molar refractivity (Wildman–Crippen MR) is 101 cm³/mol. The van der Waals surface area contributed by atoms with Gasteiger partial charge in [0.2, 0.25) is 0 Å². The van der Waals surface area contributed by atoms with Gasteiger partial charge in [-0.15, -0.1) is 24.0 Å². The monoisotopic (exact) mass is 421 g/mol. The van der Waals surface area contributed by atoms with E-state index in [4.69, 9.17) is 0 Å². The minimum Gasteiger partial charge on any atom is -0.383 e. The third-order valence-corrected chi connectivity index (χ3v) is 2.87. The first-order chi connectivity index (χ1) is 10.2. The minimum atomic E-state index is -0.405. The Morgan fingerprint density at radius 1 is 1.18 bits per heavy atom. The summed E-state index contributed by atoms with van der Waals surface area (Å²) >= 11 is 0. The van der Waals surface area contributed by atoms with Crippen LogP contribution in [0.1, 0.15) is 19.8 Å². The summed E-state index contributed by atoms with van der Waals surface area (Å²) in [5, 5.41) is 20.2. The van der Waals surface area contributed by atoms with Crippen molar-refractivity contribution in [2.24, 2.45) is 4.99 Å². The molecule has 0 radical (unpaired) electrons. The van der Waals surface area contributed by atoms with E-state index in [1.54, 1.807) is 19.2 Å². The first-order valence-corrected chi connectivity index (χ1v) is 7.10. The molecule has 22 heavy (non-hydrogen) atoms. The van der Waals surface area contributed by atoms with Gasteiger partial charge in [-0.2, -0.15) is 0 Å². The number of guanidine groups is 1. The number of hydrogen-bond acceptors (Lipinski definition) is 4. The number of non-ortho nitro benzene ring substituents is 1. The van der Waals surface area contributed by atoms with Crippen molar-refractivity contribution >= 4 is 41.3 Å². The lowest BCUT2D eigenvalue weighted by Gasteiger charge is -2.12. The van der Waals surface area contributed by atoms with Crippen molar-refractivity contribution in [3.05, 3.63) is 34.4 Å². The summed E-state index contributed by atoms with van der Waals surface area (Å²) in [6.45, 7) is 4.47. The summed E-state index contributed by atoms with van der Waals surface area (Å²) in [5.41, 5.74) is 0.954. The number of anilines is 1. The van der Waals surface area contributed by atoms with Crippen LogP contribution in [0.15, 0.2) is 29.3 Å². The van der Waals surface area contributed by atoms with Gasteiger partial charge in [0, 0.05) is 44.5 Å². The standard InChI is InChI=1S/C14H23N5O2.HI/c1-3-4-9-17-14(15-2)18-11-10-16-12-5-7-13(8-6-12)19(20)21;/h5-8,16H,3-4,9-11H2,1-2H3,(H2,15,17,18);1H. The molecule has 7 nitrogen and oxygen atoms in total. The smallest absolute Gasteiger partial charge is 0.269 e. The van der Waals surface area contributed by atoms with Crippen molar-refractivity contribution in [2.45, 2.75) is 19.8 Å². The van der Waals surface area contributed by atoms with E-state index in [0.717, 1.165) is 31.0 Å². The van der Waals surface area contributed by atoms with Crippen LogP contribution in [-0.4, -0.2) is 37.6 Å². The average Bonchev–Trinajstić information content (AvgIpc) is 2.50. The van der Waals surface area contributed by atoms with Crippen LogP contribution in [0.3, 0.4) is 0 Å². The average molecular weight is 421 g/mol. The molecule has 0 aliphatic rings. The SMILES string of the molecule is CCCCNC(=NC)NCCNc1ccc([N+](=O)[O-])cc1.I. The van der Waals surface area contributed by atoms with E-state index in [0.29, 0.717) is 13.1 Å². The molecule has 0 fully saturated rings. The fraction of sp³-hybridized carbons (Fsp3) is 0.500. The van der Waals surface area contributed by atoms with E-state index in [1.807, 2.05) is 0 Å². The largest absolute Gasteiger partial charge is 0.383 e. The first kappa shape index (κ1) is 20.4. The second-order valence-corrected chi connectivity index (χ2v) is 4.51. The molecule has 0 bridgehead atoms. The topological polar surface area (TPSA) is 91.6 Å². The molecule has 0 saturated carbocycles. The third kappa shape index (κ3) is 8.01. The Labute approximate surface area is 148 Å². The number of nitrogens with zero attached hydrogens (tertiary/aromatic N) is 2. The number of nitro benzene ring substituents is 1. The zero-order valence-corrected chi connectivity index (χ0v) is 15.3. The molecule has 0 aliphatic carbocycles. The molecule has 3 N–H and O–H groups in total. The van der Waals surface area contributed by atoms with Crippen molar-refractivity contribution in [3.8, 4) is 0 Å². The highest BCUT2D eigenvalue weighted by Crippen LogP contribution is 2.14. The van der Waals surface area contributed by atoms with Gasteiger partial charge in [-0.25, -0.2) is 0 Å². The molecule has 0 atom stereocenters. The van der Waals surface area contributed by atoms with Crippen LogP contribution in [0.25, 0.3) is 0 Å². The molecule has 1 aromatic rings. The molecule has 0 aliphatic heterocycles. The molecule has 0 unspecified atom stereocenters. The Morgan fingerprint density at radius 3 is 2.36 bits per heavy atom. The predicted octanol–water partition coefficient (Wildman–Crippen LogP) is 2.59. The van der Waals surface area contributed by atoms with E-state index in [-0.39, 0.29) is 29.7 Å². The third-order valence-electron chi connectivity index (χ3n) is 2.87. The van der Waals surface area contributed by atoms with Gasteiger partial charge < -0.3 is 16.0 Å². The summed E-state index contributed by atoms with van der Waals surface area (Å²) < 4.78 is 0. The molecule has 0 aromatic heterocycles. The maximum Gasteiger partial charge on any atom is 0.269 e. The number of aliphatic imine (C=N–C) groups is 1. The van der Waals surface area contributed by atoms with E-state index >= 15 is 0 Å². The summed E-state index contributed by atoms with van der Waals surface area (Å²) in [7, 11) is 1.74. The van der Waals surface area contributed by atoms with Crippen molar-refractivity contribution in [2.75, 3.05) is 32.0 Å². The molecule has 0 saturated heterocycles. The quantitative estimate of drug-likeness (QED) is 0.150. The van der Waals surface area contributed by atoms with E-state index in [2.05, 4.69) is 27.9 Å². The lowest BCUT2D eigenvalue weighted by atomic mass is 10.3. The highest BCUT2D eigenvalue weighted by atomic mass is 127. The van der Waals surface area contributed by atoms with Gasteiger partial charge in [-0.1, -0.05) is 13.3 Å². The molecule has 124 valence electrons. The van der Waals surface area contributed by atoms with Crippen molar-refractivity contribution < 1.29 is 4.92 Å². The molecule has 8 heteroatoms. The number of unbranched alkanes of at least 4 members (excludes halogenated alkanes) is 1. The number of hydrogen-bond donors (Lipinski definition) is 3. The summed E-state index contributed by atoms with van der Waals surface area (Å²) in [4.78, 5) is 14.3. The van der Waals surface area contributed by atoms with Gasteiger partial charge >= 0.3 is 0 Å².